The Morgan fingerprint density at radius 3 is 2.21 bits per heavy atom. The van der Waals surface area contributed by atoms with Crippen molar-refractivity contribution < 1.29 is 22.8 Å². The average Bonchev–Trinajstić information content (AvgIpc) is 2.53. The zero-order valence-corrected chi connectivity index (χ0v) is 10.6. The molecule has 1 heterocycles. The number of halogens is 5. The van der Waals surface area contributed by atoms with Crippen molar-refractivity contribution in [3.63, 3.8) is 0 Å². The van der Waals surface area contributed by atoms with Crippen LogP contribution in [0.5, 0.6) is 0 Å². The van der Waals surface area contributed by atoms with E-state index < -0.39 is 34.8 Å². The molecule has 2 amide bonds. The Labute approximate surface area is 115 Å². The molecule has 8 heteroatoms. The molecular weight excluding hydrogens is 306 g/mol. The summed E-state index contributed by atoms with van der Waals surface area (Å²) in [6.45, 7) is 0. The van der Waals surface area contributed by atoms with Crippen LogP contribution in [0.25, 0.3) is 0 Å². The van der Waals surface area contributed by atoms with Gasteiger partial charge in [-0.2, -0.15) is 13.2 Å². The molecule has 1 saturated heterocycles. The fourth-order valence-corrected chi connectivity index (χ4v) is 2.41. The van der Waals surface area contributed by atoms with Gasteiger partial charge in [0.1, 0.15) is 5.38 Å². The van der Waals surface area contributed by atoms with Gasteiger partial charge in [-0.1, -0.05) is 17.7 Å². The van der Waals surface area contributed by atoms with Crippen molar-refractivity contribution in [1.82, 2.24) is 5.32 Å². The SMILES string of the molecule is O=C1NC(=O)C(c2ccc(C(F)(F)F)cc2Cl)C1Cl. The van der Waals surface area contributed by atoms with Crippen molar-refractivity contribution >= 4 is 35.0 Å². The van der Waals surface area contributed by atoms with Gasteiger partial charge in [-0.05, 0) is 17.7 Å². The van der Waals surface area contributed by atoms with Crippen molar-refractivity contribution in [2.75, 3.05) is 0 Å². The van der Waals surface area contributed by atoms with Crippen LogP contribution < -0.4 is 5.32 Å². The van der Waals surface area contributed by atoms with Crippen LogP contribution in [0.2, 0.25) is 5.02 Å². The summed E-state index contributed by atoms with van der Waals surface area (Å²) in [5, 5.41) is 0.563. The van der Waals surface area contributed by atoms with E-state index in [1.165, 1.54) is 0 Å². The molecule has 1 N–H and O–H groups in total. The zero-order chi connectivity index (χ0) is 14.4. The molecule has 102 valence electrons. The third-order valence-corrected chi connectivity index (χ3v) is 3.51. The molecule has 1 aromatic rings. The van der Waals surface area contributed by atoms with E-state index in [2.05, 4.69) is 0 Å². The van der Waals surface area contributed by atoms with Crippen LogP contribution in [-0.2, 0) is 15.8 Å². The lowest BCUT2D eigenvalue weighted by molar-refractivity contribution is -0.137. The minimum atomic E-state index is -4.53. The quantitative estimate of drug-likeness (QED) is 0.640. The Hall–Kier alpha value is -1.27. The highest BCUT2D eigenvalue weighted by atomic mass is 35.5. The van der Waals surface area contributed by atoms with Gasteiger partial charge < -0.3 is 0 Å². The molecule has 1 aromatic carbocycles. The Balaban J connectivity index is 2.42. The molecule has 2 unspecified atom stereocenters. The summed E-state index contributed by atoms with van der Waals surface area (Å²) in [5.41, 5.74) is -0.838. The summed E-state index contributed by atoms with van der Waals surface area (Å²) < 4.78 is 37.4. The topological polar surface area (TPSA) is 46.2 Å². The van der Waals surface area contributed by atoms with Gasteiger partial charge >= 0.3 is 6.18 Å². The highest BCUT2D eigenvalue weighted by molar-refractivity contribution is 6.38. The van der Waals surface area contributed by atoms with Gasteiger partial charge in [-0.3, -0.25) is 14.9 Å². The second-order valence-electron chi connectivity index (χ2n) is 3.97. The highest BCUT2D eigenvalue weighted by Gasteiger charge is 2.42. The molecule has 2 atom stereocenters. The molecule has 0 aliphatic carbocycles. The molecule has 1 aliphatic heterocycles. The Bertz CT molecular complexity index is 559. The number of carbonyl (C=O) groups excluding carboxylic acids is 2. The Morgan fingerprint density at radius 1 is 1.16 bits per heavy atom. The fraction of sp³-hybridized carbons (Fsp3) is 0.273. The smallest absolute Gasteiger partial charge is 0.295 e. The van der Waals surface area contributed by atoms with E-state index in [1.807, 2.05) is 5.32 Å². The summed E-state index contributed by atoms with van der Waals surface area (Å²) in [7, 11) is 0. The van der Waals surface area contributed by atoms with Crippen molar-refractivity contribution in [3.8, 4) is 0 Å². The van der Waals surface area contributed by atoms with Crippen LogP contribution in [0.4, 0.5) is 13.2 Å². The first-order valence-corrected chi connectivity index (χ1v) is 5.88. The van der Waals surface area contributed by atoms with Crippen LogP contribution in [0, 0.1) is 0 Å². The number of benzene rings is 1. The molecule has 2 rings (SSSR count). The number of carbonyl (C=O) groups is 2. The third kappa shape index (κ3) is 2.55. The molecule has 0 bridgehead atoms. The average molecular weight is 312 g/mol. The summed E-state index contributed by atoms with van der Waals surface area (Å²) >= 11 is 11.5. The molecule has 1 aliphatic rings. The van der Waals surface area contributed by atoms with E-state index in [9.17, 15) is 22.8 Å². The van der Waals surface area contributed by atoms with Gasteiger partial charge in [0.05, 0.1) is 11.5 Å². The number of rotatable bonds is 1. The minimum absolute atomic E-state index is 0.0954. The molecule has 0 radical (unpaired) electrons. The summed E-state index contributed by atoms with van der Waals surface area (Å²) in [6.07, 6.45) is -4.53. The normalized spacial score (nSPS) is 23.6. The van der Waals surface area contributed by atoms with E-state index >= 15 is 0 Å². The van der Waals surface area contributed by atoms with Crippen molar-refractivity contribution in [1.29, 1.82) is 0 Å². The van der Waals surface area contributed by atoms with E-state index in [-0.39, 0.29) is 10.6 Å². The predicted molar refractivity (Wildman–Crippen MR) is 62.0 cm³/mol. The molecule has 0 spiro atoms. The van der Waals surface area contributed by atoms with Crippen LogP contribution in [-0.4, -0.2) is 17.2 Å². The lowest BCUT2D eigenvalue weighted by atomic mass is 9.96. The van der Waals surface area contributed by atoms with Crippen molar-refractivity contribution in [3.05, 3.63) is 34.3 Å². The number of amides is 2. The maximum absolute atomic E-state index is 12.5. The second-order valence-corrected chi connectivity index (χ2v) is 4.84. The van der Waals surface area contributed by atoms with Gasteiger partial charge in [0.2, 0.25) is 11.8 Å². The first-order chi connectivity index (χ1) is 8.71. The lowest BCUT2D eigenvalue weighted by Crippen LogP contribution is -2.22. The number of imide groups is 1. The maximum atomic E-state index is 12.5. The number of hydrogen-bond acceptors (Lipinski definition) is 2. The largest absolute Gasteiger partial charge is 0.416 e. The van der Waals surface area contributed by atoms with Crippen molar-refractivity contribution in [2.24, 2.45) is 0 Å². The third-order valence-electron chi connectivity index (χ3n) is 2.73. The summed E-state index contributed by atoms with van der Waals surface area (Å²) in [6, 6.07) is 2.56. The maximum Gasteiger partial charge on any atom is 0.416 e. The Kier molecular flexibility index (Phi) is 3.49. The molecular formula is C11H6Cl2F3NO2. The Morgan fingerprint density at radius 2 is 1.79 bits per heavy atom. The van der Waals surface area contributed by atoms with Gasteiger partial charge in [-0.15, -0.1) is 11.6 Å². The van der Waals surface area contributed by atoms with Crippen LogP contribution >= 0.6 is 23.2 Å². The van der Waals surface area contributed by atoms with E-state index in [1.54, 1.807) is 0 Å². The lowest BCUT2D eigenvalue weighted by Gasteiger charge is -2.14. The van der Waals surface area contributed by atoms with Gasteiger partial charge in [0, 0.05) is 5.02 Å². The standard InChI is InChI=1S/C11H6Cl2F3NO2/c12-6-3-4(11(14,15)16)1-2-5(6)7-8(13)10(19)17-9(7)18/h1-3,7-8H,(H,17,18,19). The molecule has 1 fully saturated rings. The monoisotopic (exact) mass is 311 g/mol. The molecule has 3 nitrogen and oxygen atoms in total. The first kappa shape index (κ1) is 14.1. The predicted octanol–water partition coefficient (Wildman–Crippen LogP) is 2.71. The summed E-state index contributed by atoms with van der Waals surface area (Å²) in [4.78, 5) is 22.8. The van der Waals surface area contributed by atoms with Crippen LogP contribution in [0.1, 0.15) is 17.0 Å². The molecule has 0 aromatic heterocycles. The van der Waals surface area contributed by atoms with Gasteiger partial charge in [-0.25, -0.2) is 0 Å². The first-order valence-electron chi connectivity index (χ1n) is 5.07. The minimum Gasteiger partial charge on any atom is -0.295 e. The number of hydrogen-bond donors (Lipinski definition) is 1. The fourth-order valence-electron chi connectivity index (χ4n) is 1.81. The number of alkyl halides is 4. The zero-order valence-electron chi connectivity index (χ0n) is 9.09. The van der Waals surface area contributed by atoms with Gasteiger partial charge in [0.15, 0.2) is 0 Å². The van der Waals surface area contributed by atoms with Crippen molar-refractivity contribution in [2.45, 2.75) is 17.5 Å². The summed E-state index contributed by atoms with van der Waals surface area (Å²) in [5.74, 6) is -2.44. The van der Waals surface area contributed by atoms with E-state index in [4.69, 9.17) is 23.2 Å². The van der Waals surface area contributed by atoms with Crippen LogP contribution in [0.3, 0.4) is 0 Å². The van der Waals surface area contributed by atoms with Crippen LogP contribution in [0.15, 0.2) is 18.2 Å². The van der Waals surface area contributed by atoms with Gasteiger partial charge in [0.25, 0.3) is 0 Å². The molecule has 19 heavy (non-hydrogen) atoms. The highest BCUT2D eigenvalue weighted by Crippen LogP contribution is 2.37. The van der Waals surface area contributed by atoms with E-state index in [0.29, 0.717) is 6.07 Å². The molecule has 0 saturated carbocycles. The number of nitrogens with one attached hydrogen (secondary N) is 1. The van der Waals surface area contributed by atoms with E-state index in [0.717, 1.165) is 12.1 Å². The second kappa shape index (κ2) is 4.68.